The number of alkyl halides is 3. The van der Waals surface area contributed by atoms with E-state index < -0.39 is 12.1 Å². The van der Waals surface area contributed by atoms with Crippen LogP contribution in [0.3, 0.4) is 0 Å². The van der Waals surface area contributed by atoms with Crippen LogP contribution >= 0.6 is 0 Å². The third-order valence-electron chi connectivity index (χ3n) is 4.89. The van der Waals surface area contributed by atoms with Gasteiger partial charge in [-0.1, -0.05) is 6.42 Å². The summed E-state index contributed by atoms with van der Waals surface area (Å²) in [6, 6.07) is 1.27. The maximum atomic E-state index is 12.8. The molecule has 0 aromatic rings. The average Bonchev–Trinajstić information content (AvgIpc) is 3.10. The highest BCUT2D eigenvalue weighted by molar-refractivity contribution is 4.93. The fraction of sp³-hybridized carbons (Fsp3) is 1.00. The summed E-state index contributed by atoms with van der Waals surface area (Å²) < 4.78 is 38.3. The Balaban J connectivity index is 1.47. The van der Waals surface area contributed by atoms with E-state index in [1.54, 1.807) is 0 Å². The Morgan fingerprint density at radius 3 is 2.42 bits per heavy atom. The zero-order valence-electron chi connectivity index (χ0n) is 11.3. The minimum Gasteiger partial charge on any atom is -0.310 e. The number of nitrogens with one attached hydrogen (secondary N) is 1. The van der Waals surface area contributed by atoms with Crippen molar-refractivity contribution in [1.29, 1.82) is 0 Å². The molecule has 1 saturated heterocycles. The molecule has 0 aromatic heterocycles. The molecule has 1 aliphatic heterocycles. The van der Waals surface area contributed by atoms with E-state index in [9.17, 15) is 13.2 Å². The standard InChI is InChI=1S/C14H23F3N2/c15-14(16,17)10-2-1-3-11(8-10)18-12-6-7-19(9-12)13-4-5-13/h10-13,18H,1-9H2. The van der Waals surface area contributed by atoms with Gasteiger partial charge in [-0.2, -0.15) is 13.2 Å². The van der Waals surface area contributed by atoms with E-state index in [-0.39, 0.29) is 12.5 Å². The maximum Gasteiger partial charge on any atom is 0.391 e. The summed E-state index contributed by atoms with van der Waals surface area (Å²) in [5.41, 5.74) is 0. The van der Waals surface area contributed by atoms with Gasteiger partial charge in [-0.25, -0.2) is 0 Å². The molecule has 1 heterocycles. The first kappa shape index (κ1) is 13.7. The molecule has 3 rings (SSSR count). The Morgan fingerprint density at radius 1 is 0.947 bits per heavy atom. The van der Waals surface area contributed by atoms with Crippen molar-refractivity contribution in [3.8, 4) is 0 Å². The van der Waals surface area contributed by atoms with Crippen molar-refractivity contribution in [1.82, 2.24) is 10.2 Å². The van der Waals surface area contributed by atoms with Crippen LogP contribution in [0.25, 0.3) is 0 Å². The van der Waals surface area contributed by atoms with E-state index in [1.165, 1.54) is 12.8 Å². The number of rotatable bonds is 3. The van der Waals surface area contributed by atoms with Crippen molar-refractivity contribution in [3.05, 3.63) is 0 Å². The Hall–Kier alpha value is -0.290. The molecule has 2 aliphatic carbocycles. The fourth-order valence-electron chi connectivity index (χ4n) is 3.67. The van der Waals surface area contributed by atoms with Gasteiger partial charge in [0.1, 0.15) is 0 Å². The highest BCUT2D eigenvalue weighted by Gasteiger charge is 2.43. The molecule has 0 aromatic carbocycles. The molecule has 0 amide bonds. The van der Waals surface area contributed by atoms with Crippen molar-refractivity contribution in [2.75, 3.05) is 13.1 Å². The lowest BCUT2D eigenvalue weighted by Crippen LogP contribution is -2.44. The third-order valence-corrected chi connectivity index (χ3v) is 4.89. The fourth-order valence-corrected chi connectivity index (χ4v) is 3.67. The molecule has 110 valence electrons. The zero-order valence-corrected chi connectivity index (χ0v) is 11.3. The molecular weight excluding hydrogens is 253 g/mol. The van der Waals surface area contributed by atoms with Crippen molar-refractivity contribution >= 4 is 0 Å². The van der Waals surface area contributed by atoms with E-state index in [0.717, 1.165) is 32.0 Å². The van der Waals surface area contributed by atoms with Gasteiger partial charge in [-0.15, -0.1) is 0 Å². The quantitative estimate of drug-likeness (QED) is 0.852. The van der Waals surface area contributed by atoms with Crippen LogP contribution in [0, 0.1) is 5.92 Å². The number of hydrogen-bond donors (Lipinski definition) is 1. The minimum absolute atomic E-state index is 0.0736. The van der Waals surface area contributed by atoms with Gasteiger partial charge in [0.15, 0.2) is 0 Å². The smallest absolute Gasteiger partial charge is 0.310 e. The summed E-state index contributed by atoms with van der Waals surface area (Å²) in [6.07, 6.45) is 1.94. The van der Waals surface area contributed by atoms with Crippen LogP contribution in [0.1, 0.15) is 44.9 Å². The Morgan fingerprint density at radius 2 is 1.74 bits per heavy atom. The van der Waals surface area contributed by atoms with E-state index in [2.05, 4.69) is 10.2 Å². The van der Waals surface area contributed by atoms with Gasteiger partial charge in [-0.05, 0) is 38.5 Å². The second-order valence-electron chi connectivity index (χ2n) is 6.48. The van der Waals surface area contributed by atoms with E-state index in [4.69, 9.17) is 0 Å². The number of hydrogen-bond acceptors (Lipinski definition) is 2. The van der Waals surface area contributed by atoms with Crippen LogP contribution in [0.4, 0.5) is 13.2 Å². The summed E-state index contributed by atoms with van der Waals surface area (Å²) in [4.78, 5) is 2.50. The predicted octanol–water partition coefficient (Wildman–Crippen LogP) is 2.93. The molecule has 0 radical (unpaired) electrons. The summed E-state index contributed by atoms with van der Waals surface area (Å²) in [7, 11) is 0. The predicted molar refractivity (Wildman–Crippen MR) is 67.9 cm³/mol. The van der Waals surface area contributed by atoms with E-state index in [1.807, 2.05) is 0 Å². The third kappa shape index (κ3) is 3.43. The van der Waals surface area contributed by atoms with Crippen LogP contribution in [-0.4, -0.2) is 42.3 Å². The average molecular weight is 276 g/mol. The largest absolute Gasteiger partial charge is 0.391 e. The Bertz CT molecular complexity index is 314. The first-order chi connectivity index (χ1) is 9.02. The summed E-state index contributed by atoms with van der Waals surface area (Å²) in [6.45, 7) is 2.16. The summed E-state index contributed by atoms with van der Waals surface area (Å²) in [5.74, 6) is -1.08. The number of halogens is 3. The van der Waals surface area contributed by atoms with Crippen LogP contribution < -0.4 is 5.32 Å². The molecule has 2 nitrogen and oxygen atoms in total. The maximum absolute atomic E-state index is 12.8. The summed E-state index contributed by atoms with van der Waals surface area (Å²) in [5, 5.41) is 3.49. The Kier molecular flexibility index (Phi) is 3.78. The topological polar surface area (TPSA) is 15.3 Å². The normalized spacial score (nSPS) is 37.7. The zero-order chi connectivity index (χ0) is 13.5. The van der Waals surface area contributed by atoms with Gasteiger partial charge in [-0.3, -0.25) is 4.90 Å². The van der Waals surface area contributed by atoms with Crippen molar-refractivity contribution in [3.63, 3.8) is 0 Å². The van der Waals surface area contributed by atoms with Gasteiger partial charge in [0.05, 0.1) is 5.92 Å². The highest BCUT2D eigenvalue weighted by atomic mass is 19.4. The monoisotopic (exact) mass is 276 g/mol. The van der Waals surface area contributed by atoms with Crippen LogP contribution in [0.2, 0.25) is 0 Å². The van der Waals surface area contributed by atoms with Crippen LogP contribution in [0.15, 0.2) is 0 Å². The molecule has 19 heavy (non-hydrogen) atoms. The summed E-state index contributed by atoms with van der Waals surface area (Å²) >= 11 is 0. The second-order valence-corrected chi connectivity index (χ2v) is 6.48. The Labute approximate surface area is 112 Å². The first-order valence-corrected chi connectivity index (χ1v) is 7.59. The molecule has 3 unspecified atom stereocenters. The van der Waals surface area contributed by atoms with E-state index >= 15 is 0 Å². The van der Waals surface area contributed by atoms with Crippen molar-refractivity contribution in [2.24, 2.45) is 5.92 Å². The van der Waals surface area contributed by atoms with Gasteiger partial charge in [0.25, 0.3) is 0 Å². The molecule has 1 N–H and O–H groups in total. The molecular formula is C14H23F3N2. The lowest BCUT2D eigenvalue weighted by atomic mass is 9.85. The molecule has 0 spiro atoms. The molecule has 0 bridgehead atoms. The molecule has 3 fully saturated rings. The first-order valence-electron chi connectivity index (χ1n) is 7.59. The lowest BCUT2D eigenvalue weighted by molar-refractivity contribution is -0.183. The number of nitrogens with zero attached hydrogens (tertiary/aromatic N) is 1. The molecule has 3 atom stereocenters. The van der Waals surface area contributed by atoms with Gasteiger partial charge < -0.3 is 5.32 Å². The molecule has 3 aliphatic rings. The molecule has 5 heteroatoms. The van der Waals surface area contributed by atoms with Gasteiger partial charge >= 0.3 is 6.18 Å². The van der Waals surface area contributed by atoms with Gasteiger partial charge in [0, 0.05) is 31.2 Å². The highest BCUT2D eigenvalue weighted by Crippen LogP contribution is 2.38. The van der Waals surface area contributed by atoms with Crippen molar-refractivity contribution < 1.29 is 13.2 Å². The number of likely N-dealkylation sites (tertiary alicyclic amines) is 1. The second kappa shape index (κ2) is 5.24. The molecule has 2 saturated carbocycles. The SMILES string of the molecule is FC(F)(F)C1CCCC(NC2CCN(C3CC3)C2)C1. The van der Waals surface area contributed by atoms with E-state index in [0.29, 0.717) is 18.9 Å². The van der Waals surface area contributed by atoms with Crippen LogP contribution in [-0.2, 0) is 0 Å². The van der Waals surface area contributed by atoms with Gasteiger partial charge in [0.2, 0.25) is 0 Å². The van der Waals surface area contributed by atoms with Crippen LogP contribution in [0.5, 0.6) is 0 Å². The van der Waals surface area contributed by atoms with Crippen molar-refractivity contribution in [2.45, 2.75) is 69.2 Å². The lowest BCUT2D eigenvalue weighted by Gasteiger charge is -2.33. The minimum atomic E-state index is -4.00.